The third-order valence-electron chi connectivity index (χ3n) is 11.2. The average molecular weight is 802 g/mol. The Hall–Kier alpha value is -1.92. The Balaban J connectivity index is 3.50. The van der Waals surface area contributed by atoms with Crippen molar-refractivity contribution in [2.24, 2.45) is 0 Å². The number of rotatable bonds is 45. The van der Waals surface area contributed by atoms with Crippen LogP contribution in [0.3, 0.4) is 0 Å². The molecule has 0 rings (SSSR count). The zero-order valence-corrected chi connectivity index (χ0v) is 37.8. The second-order valence-corrected chi connectivity index (χ2v) is 16.8. The minimum atomic E-state index is -0.673. The number of carbonyl (C=O) groups excluding carboxylic acids is 2. The van der Waals surface area contributed by atoms with Gasteiger partial charge in [-0.3, -0.25) is 9.59 Å². The molecule has 0 spiro atoms. The third-order valence-corrected chi connectivity index (χ3v) is 11.2. The van der Waals surface area contributed by atoms with Crippen molar-refractivity contribution in [3.63, 3.8) is 0 Å². The van der Waals surface area contributed by atoms with Gasteiger partial charge >= 0.3 is 5.97 Å². The zero-order chi connectivity index (χ0) is 41.5. The molecule has 1 amide bonds. The number of carbonyl (C=O) groups is 2. The van der Waals surface area contributed by atoms with E-state index in [1.54, 1.807) is 0 Å². The third kappa shape index (κ3) is 43.5. The molecule has 0 radical (unpaired) electrons. The highest BCUT2D eigenvalue weighted by Crippen LogP contribution is 2.15. The SMILES string of the molecule is CCCCCCC/C=C\CCCCCCCC(=O)OCCCCC/C=C\C/C=C\CCCCCCCCCC(=O)NC(CO)C(O)CCCCCCCCCCC. The smallest absolute Gasteiger partial charge is 0.305 e. The van der Waals surface area contributed by atoms with Gasteiger partial charge in [0.15, 0.2) is 0 Å². The Labute approximate surface area is 353 Å². The topological polar surface area (TPSA) is 95.9 Å². The largest absolute Gasteiger partial charge is 0.466 e. The Morgan fingerprint density at radius 1 is 0.491 bits per heavy atom. The second kappa shape index (κ2) is 46.8. The van der Waals surface area contributed by atoms with Crippen LogP contribution in [0.15, 0.2) is 36.5 Å². The van der Waals surface area contributed by atoms with Gasteiger partial charge in [0.05, 0.1) is 25.4 Å². The Morgan fingerprint density at radius 3 is 1.35 bits per heavy atom. The molecule has 0 saturated carbocycles. The van der Waals surface area contributed by atoms with Crippen LogP contribution in [0.2, 0.25) is 0 Å². The van der Waals surface area contributed by atoms with Gasteiger partial charge in [-0.1, -0.05) is 185 Å². The summed E-state index contributed by atoms with van der Waals surface area (Å²) in [5.41, 5.74) is 0. The molecule has 0 bridgehead atoms. The number of aliphatic hydroxyl groups excluding tert-OH is 2. The van der Waals surface area contributed by atoms with E-state index in [0.29, 0.717) is 25.9 Å². The number of amides is 1. The molecule has 6 nitrogen and oxygen atoms in total. The molecular weight excluding hydrogens is 707 g/mol. The summed E-state index contributed by atoms with van der Waals surface area (Å²) >= 11 is 0. The van der Waals surface area contributed by atoms with Crippen LogP contribution in [0.25, 0.3) is 0 Å². The molecular formula is C51H95NO5. The fourth-order valence-corrected chi connectivity index (χ4v) is 7.31. The van der Waals surface area contributed by atoms with Crippen LogP contribution < -0.4 is 5.32 Å². The van der Waals surface area contributed by atoms with Crippen LogP contribution in [0.4, 0.5) is 0 Å². The maximum Gasteiger partial charge on any atom is 0.305 e. The molecule has 2 atom stereocenters. The van der Waals surface area contributed by atoms with Gasteiger partial charge in [0.2, 0.25) is 5.91 Å². The van der Waals surface area contributed by atoms with E-state index in [1.165, 1.54) is 135 Å². The van der Waals surface area contributed by atoms with Crippen LogP contribution in [0.5, 0.6) is 0 Å². The fourth-order valence-electron chi connectivity index (χ4n) is 7.31. The molecule has 2 unspecified atom stereocenters. The second-order valence-electron chi connectivity index (χ2n) is 16.8. The molecule has 0 heterocycles. The van der Waals surface area contributed by atoms with Crippen molar-refractivity contribution in [3.8, 4) is 0 Å². The molecule has 0 aromatic rings. The minimum Gasteiger partial charge on any atom is -0.466 e. The van der Waals surface area contributed by atoms with Crippen molar-refractivity contribution in [3.05, 3.63) is 36.5 Å². The molecule has 334 valence electrons. The molecule has 3 N–H and O–H groups in total. The first kappa shape index (κ1) is 55.1. The lowest BCUT2D eigenvalue weighted by Crippen LogP contribution is -2.45. The quantitative estimate of drug-likeness (QED) is 0.0324. The van der Waals surface area contributed by atoms with Gasteiger partial charge in [0.1, 0.15) is 0 Å². The lowest BCUT2D eigenvalue weighted by Gasteiger charge is -2.22. The van der Waals surface area contributed by atoms with Crippen LogP contribution in [-0.2, 0) is 14.3 Å². The summed E-state index contributed by atoms with van der Waals surface area (Å²) in [6, 6.07) is -0.551. The predicted octanol–water partition coefficient (Wildman–Crippen LogP) is 14.5. The van der Waals surface area contributed by atoms with E-state index in [1.807, 2.05) is 0 Å². The van der Waals surface area contributed by atoms with Gasteiger partial charge in [-0.15, -0.1) is 0 Å². The monoisotopic (exact) mass is 802 g/mol. The lowest BCUT2D eigenvalue weighted by atomic mass is 10.0. The first-order chi connectivity index (χ1) is 28.0. The van der Waals surface area contributed by atoms with Gasteiger partial charge < -0.3 is 20.3 Å². The van der Waals surface area contributed by atoms with Crippen LogP contribution in [0, 0.1) is 0 Å². The van der Waals surface area contributed by atoms with Gasteiger partial charge in [0, 0.05) is 12.8 Å². The number of allylic oxidation sites excluding steroid dienone is 6. The highest BCUT2D eigenvalue weighted by molar-refractivity contribution is 5.76. The van der Waals surface area contributed by atoms with Crippen molar-refractivity contribution in [2.75, 3.05) is 13.2 Å². The van der Waals surface area contributed by atoms with E-state index in [4.69, 9.17) is 4.74 Å². The summed E-state index contributed by atoms with van der Waals surface area (Å²) in [5.74, 6) is -0.0800. The van der Waals surface area contributed by atoms with Crippen LogP contribution in [0.1, 0.15) is 251 Å². The highest BCUT2D eigenvalue weighted by Gasteiger charge is 2.20. The van der Waals surface area contributed by atoms with Crippen molar-refractivity contribution in [1.29, 1.82) is 0 Å². The molecule has 6 heteroatoms. The van der Waals surface area contributed by atoms with E-state index in [2.05, 4.69) is 55.6 Å². The van der Waals surface area contributed by atoms with Crippen LogP contribution >= 0.6 is 0 Å². The standard InChI is InChI=1S/C51H95NO5/c1-3-5-7-9-11-13-14-15-22-25-29-33-37-41-45-51(56)57-46-42-38-34-30-26-23-20-18-16-17-19-21-24-28-32-36-40-44-50(55)52-48(47-53)49(54)43-39-35-31-27-12-10-8-6-4-2/h14-16,18,23,26,48-49,53-54H,3-13,17,19-22,24-25,27-47H2,1-2H3,(H,52,55)/b15-14-,18-16-,26-23-. The first-order valence-electron chi connectivity index (χ1n) is 24.7. The number of esters is 1. The molecule has 57 heavy (non-hydrogen) atoms. The number of nitrogens with one attached hydrogen (secondary N) is 1. The van der Waals surface area contributed by atoms with E-state index in [-0.39, 0.29) is 18.5 Å². The molecule has 0 aliphatic heterocycles. The van der Waals surface area contributed by atoms with Crippen LogP contribution in [-0.4, -0.2) is 47.4 Å². The molecule has 0 aromatic heterocycles. The van der Waals surface area contributed by atoms with Crippen molar-refractivity contribution in [2.45, 2.75) is 264 Å². The first-order valence-corrected chi connectivity index (χ1v) is 24.7. The van der Waals surface area contributed by atoms with E-state index >= 15 is 0 Å². The molecule has 0 aromatic carbocycles. The maximum absolute atomic E-state index is 12.4. The minimum absolute atomic E-state index is 0.0250. The number of hydrogen-bond donors (Lipinski definition) is 3. The Kier molecular flexibility index (Phi) is 45.2. The van der Waals surface area contributed by atoms with Crippen molar-refractivity contribution >= 4 is 11.9 Å². The van der Waals surface area contributed by atoms with Gasteiger partial charge in [-0.2, -0.15) is 0 Å². The molecule has 0 aliphatic rings. The van der Waals surface area contributed by atoms with Gasteiger partial charge in [-0.05, 0) is 89.9 Å². The zero-order valence-electron chi connectivity index (χ0n) is 37.8. The summed E-state index contributed by atoms with van der Waals surface area (Å²) < 4.78 is 5.43. The summed E-state index contributed by atoms with van der Waals surface area (Å²) in [4.78, 5) is 24.4. The molecule has 0 saturated heterocycles. The normalized spacial score (nSPS) is 13.0. The summed E-state index contributed by atoms with van der Waals surface area (Å²) in [7, 11) is 0. The summed E-state index contributed by atoms with van der Waals surface area (Å²) in [6.45, 7) is 4.86. The predicted molar refractivity (Wildman–Crippen MR) is 246 cm³/mol. The fraction of sp³-hybridized carbons (Fsp3) is 0.843. The number of hydrogen-bond acceptors (Lipinski definition) is 5. The van der Waals surface area contributed by atoms with Crippen molar-refractivity contribution < 1.29 is 24.5 Å². The number of ether oxygens (including phenoxy) is 1. The number of aliphatic hydroxyl groups is 2. The van der Waals surface area contributed by atoms with E-state index < -0.39 is 12.1 Å². The molecule has 0 fully saturated rings. The summed E-state index contributed by atoms with van der Waals surface area (Å²) in [6.07, 6.45) is 55.4. The Bertz CT molecular complexity index is 931. The molecule has 0 aliphatic carbocycles. The summed E-state index contributed by atoms with van der Waals surface area (Å²) in [5, 5.41) is 23.0. The average Bonchev–Trinajstić information content (AvgIpc) is 3.21. The number of unbranched alkanes of at least 4 members (excludes halogenated alkanes) is 28. The highest BCUT2D eigenvalue weighted by atomic mass is 16.5. The van der Waals surface area contributed by atoms with E-state index in [9.17, 15) is 19.8 Å². The van der Waals surface area contributed by atoms with Gasteiger partial charge in [-0.25, -0.2) is 0 Å². The lowest BCUT2D eigenvalue weighted by molar-refractivity contribution is -0.143. The van der Waals surface area contributed by atoms with Crippen molar-refractivity contribution in [1.82, 2.24) is 5.32 Å². The maximum atomic E-state index is 12.4. The Morgan fingerprint density at radius 2 is 0.877 bits per heavy atom. The van der Waals surface area contributed by atoms with Gasteiger partial charge in [0.25, 0.3) is 0 Å². The van der Waals surface area contributed by atoms with E-state index in [0.717, 1.165) is 83.5 Å².